The lowest BCUT2D eigenvalue weighted by atomic mass is 9.74. The second-order valence-electron chi connectivity index (χ2n) is 19.6. The lowest BCUT2D eigenvalue weighted by molar-refractivity contribution is -0.312. The van der Waals surface area contributed by atoms with E-state index >= 15 is 0 Å². The number of esters is 1. The van der Waals surface area contributed by atoms with E-state index in [1.54, 1.807) is 70.4 Å². The van der Waals surface area contributed by atoms with Crippen LogP contribution >= 0.6 is 0 Å². The Kier molecular flexibility index (Phi) is 15.9. The van der Waals surface area contributed by atoms with E-state index in [4.69, 9.17) is 28.1 Å². The monoisotopic (exact) mass is 873 g/mol. The molecule has 17 atom stereocenters. The Morgan fingerprint density at radius 2 is 1.52 bits per heavy atom. The van der Waals surface area contributed by atoms with E-state index in [0.29, 0.717) is 17.7 Å². The zero-order chi connectivity index (χ0) is 46.1. The number of rotatable bonds is 9. The van der Waals surface area contributed by atoms with Crippen molar-refractivity contribution >= 4 is 17.7 Å². The van der Waals surface area contributed by atoms with Gasteiger partial charge in [0.25, 0.3) is 5.91 Å². The van der Waals surface area contributed by atoms with Gasteiger partial charge in [-0.05, 0) is 83.1 Å². The summed E-state index contributed by atoms with van der Waals surface area (Å²) in [5.74, 6) is -5.42. The molecule has 3 aliphatic rings. The number of nitrogens with one attached hydrogen (secondary N) is 1. The van der Waals surface area contributed by atoms with Crippen molar-refractivity contribution in [2.45, 2.75) is 174 Å². The number of furan rings is 1. The van der Waals surface area contributed by atoms with Crippen molar-refractivity contribution in [1.82, 2.24) is 5.32 Å². The average molecular weight is 874 g/mol. The molecule has 3 fully saturated rings. The van der Waals surface area contributed by atoms with Crippen LogP contribution in [0.2, 0.25) is 0 Å². The molecule has 4 heterocycles. The van der Waals surface area contributed by atoms with Crippen LogP contribution in [0, 0.1) is 35.0 Å². The van der Waals surface area contributed by atoms with Crippen LogP contribution in [0.3, 0.4) is 0 Å². The van der Waals surface area contributed by atoms with E-state index in [-0.39, 0.29) is 37.8 Å². The number of carbonyl (C=O) groups excluding carboxylic acids is 3. The predicted molar refractivity (Wildman–Crippen MR) is 227 cm³/mol. The van der Waals surface area contributed by atoms with Crippen LogP contribution in [0.25, 0.3) is 11.3 Å². The first-order valence-corrected chi connectivity index (χ1v) is 22.1. The minimum atomic E-state index is -2.20. The van der Waals surface area contributed by atoms with E-state index in [2.05, 4.69) is 5.32 Å². The molecule has 0 saturated carbocycles. The molecule has 3 saturated heterocycles. The van der Waals surface area contributed by atoms with Crippen LogP contribution in [0.5, 0.6) is 0 Å². The zero-order valence-corrected chi connectivity index (χ0v) is 38.1. The van der Waals surface area contributed by atoms with Gasteiger partial charge >= 0.3 is 5.97 Å². The van der Waals surface area contributed by atoms with Gasteiger partial charge in [0.05, 0.1) is 54.4 Å². The van der Waals surface area contributed by atoms with Crippen molar-refractivity contribution in [3.8, 4) is 11.3 Å². The number of Topliss-reactive ketones (excluding diaryl/α,β-unsaturated/α-hetero) is 1. The molecule has 0 spiro atoms. The maximum Gasteiger partial charge on any atom is 0.311 e. The van der Waals surface area contributed by atoms with Crippen molar-refractivity contribution in [2.75, 3.05) is 6.54 Å². The molecule has 0 radical (unpaired) electrons. The van der Waals surface area contributed by atoms with Gasteiger partial charge in [-0.3, -0.25) is 14.4 Å². The molecule has 62 heavy (non-hydrogen) atoms. The molecule has 3 aliphatic heterocycles. The Morgan fingerprint density at radius 3 is 2.13 bits per heavy atom. The van der Waals surface area contributed by atoms with Crippen molar-refractivity contribution in [1.29, 1.82) is 0 Å². The van der Waals surface area contributed by atoms with Gasteiger partial charge in [-0.15, -0.1) is 0 Å². The van der Waals surface area contributed by atoms with Crippen LogP contribution < -0.4 is 5.32 Å². The minimum absolute atomic E-state index is 0.0897. The number of aliphatic hydroxyl groups is 5. The van der Waals surface area contributed by atoms with E-state index in [1.165, 1.54) is 20.8 Å². The molecule has 1 amide bonds. The lowest BCUT2D eigenvalue weighted by Crippen LogP contribution is -2.59. The van der Waals surface area contributed by atoms with Gasteiger partial charge < -0.3 is 59.0 Å². The molecule has 0 bridgehead atoms. The fourth-order valence-corrected chi connectivity index (χ4v) is 9.70. The third-order valence-corrected chi connectivity index (χ3v) is 13.6. The third-order valence-electron chi connectivity index (χ3n) is 13.6. The molecule has 348 valence electrons. The second kappa shape index (κ2) is 19.9. The fraction of sp³-hybridized carbons (Fsp3) is 0.723. The molecule has 1 aromatic heterocycles. The molecule has 1 aromatic carbocycles. The van der Waals surface area contributed by atoms with Crippen LogP contribution in [-0.2, 0) is 33.3 Å². The molecule has 15 heteroatoms. The first kappa shape index (κ1) is 49.8. The van der Waals surface area contributed by atoms with E-state index in [1.807, 2.05) is 27.7 Å². The zero-order valence-electron chi connectivity index (χ0n) is 38.1. The molecule has 7 unspecified atom stereocenters. The van der Waals surface area contributed by atoms with Crippen LogP contribution in [-0.4, -0.2) is 122 Å². The first-order valence-electron chi connectivity index (χ1n) is 22.1. The highest BCUT2D eigenvalue weighted by atomic mass is 16.7. The Labute approximate surface area is 365 Å². The van der Waals surface area contributed by atoms with Gasteiger partial charge in [-0.1, -0.05) is 53.7 Å². The Balaban J connectivity index is 1.49. The highest BCUT2D eigenvalue weighted by Gasteiger charge is 2.53. The lowest BCUT2D eigenvalue weighted by Gasteiger charge is -2.48. The maximum absolute atomic E-state index is 14.6. The van der Waals surface area contributed by atoms with Gasteiger partial charge in [-0.2, -0.15) is 0 Å². The number of hydrogen-bond acceptors (Lipinski definition) is 14. The summed E-state index contributed by atoms with van der Waals surface area (Å²) >= 11 is 0. The molecular weight excluding hydrogens is 803 g/mol. The standard InChI is InChI=1S/C47H71NO14/c1-24-21-26(3)58-44(37(24)50)62-41-28(5)38(61-35-23-45(8,9)40(52)30(7)59-35)29(6)43(54)60-34(47(11,56)39(51)27(4)36(49)25(2)22-46(41,10)55)18-19-48-42(53)32-16-14-31(15-17-32)33-13-12-20-57-33/h12-17,20,24-30,34-35,37-41,44,50-52,55-56H,18-19,21-23H2,1-11H3,(H,48,53)/t24?,25-,26?,27+,28+,29-,30?,34-,35?,37?,38+,39-,40?,41-,44?,46-,47-/m1/s1. The number of cyclic esters (lactones) is 1. The molecule has 15 nitrogen and oxygen atoms in total. The molecular formula is C47H71NO14. The third kappa shape index (κ3) is 11.2. The van der Waals surface area contributed by atoms with Crippen LogP contribution in [0.1, 0.15) is 112 Å². The Hall–Kier alpha value is -3.25. The maximum atomic E-state index is 14.6. The normalized spacial score (nSPS) is 41.2. The predicted octanol–water partition coefficient (Wildman–Crippen LogP) is 4.78. The summed E-state index contributed by atoms with van der Waals surface area (Å²) in [6.07, 6.45) is -8.41. The fourth-order valence-electron chi connectivity index (χ4n) is 9.70. The summed E-state index contributed by atoms with van der Waals surface area (Å²) in [6.45, 7) is 18.3. The van der Waals surface area contributed by atoms with Crippen LogP contribution in [0.15, 0.2) is 47.1 Å². The highest BCUT2D eigenvalue weighted by molar-refractivity contribution is 5.94. The number of hydrogen-bond donors (Lipinski definition) is 6. The highest BCUT2D eigenvalue weighted by Crippen LogP contribution is 2.42. The number of amides is 1. The largest absolute Gasteiger partial charge is 0.464 e. The summed E-state index contributed by atoms with van der Waals surface area (Å²) in [7, 11) is 0. The summed E-state index contributed by atoms with van der Waals surface area (Å²) < 4.78 is 37.1. The summed E-state index contributed by atoms with van der Waals surface area (Å²) in [5.41, 5.74) is -3.54. The van der Waals surface area contributed by atoms with Crippen molar-refractivity contribution < 1.29 is 68.0 Å². The molecule has 2 aromatic rings. The van der Waals surface area contributed by atoms with Crippen LogP contribution in [0.4, 0.5) is 0 Å². The van der Waals surface area contributed by atoms with Crippen molar-refractivity contribution in [3.63, 3.8) is 0 Å². The van der Waals surface area contributed by atoms with E-state index in [9.17, 15) is 39.9 Å². The molecule has 0 aliphatic carbocycles. The van der Waals surface area contributed by atoms with E-state index < -0.39 is 113 Å². The van der Waals surface area contributed by atoms with Gasteiger partial charge in [-0.25, -0.2) is 0 Å². The summed E-state index contributed by atoms with van der Waals surface area (Å²) in [4.78, 5) is 42.0. The quantitative estimate of drug-likeness (QED) is 0.187. The number of ketones is 1. The minimum Gasteiger partial charge on any atom is -0.464 e. The van der Waals surface area contributed by atoms with Gasteiger partial charge in [0, 0.05) is 48.3 Å². The molecule has 6 N–H and O–H groups in total. The van der Waals surface area contributed by atoms with Gasteiger partial charge in [0.1, 0.15) is 29.4 Å². The van der Waals surface area contributed by atoms with Crippen molar-refractivity contribution in [2.24, 2.45) is 35.0 Å². The number of ether oxygens (including phenoxy) is 5. The Bertz CT molecular complexity index is 1800. The second-order valence-corrected chi connectivity index (χ2v) is 19.6. The van der Waals surface area contributed by atoms with E-state index in [0.717, 1.165) is 5.56 Å². The number of benzene rings is 1. The Morgan fingerprint density at radius 1 is 0.855 bits per heavy atom. The molecule has 5 rings (SSSR count). The summed E-state index contributed by atoms with van der Waals surface area (Å²) in [5, 5.41) is 61.3. The van der Waals surface area contributed by atoms with Gasteiger partial charge in [0.15, 0.2) is 12.6 Å². The topological polar surface area (TPSA) is 224 Å². The summed E-state index contributed by atoms with van der Waals surface area (Å²) in [6, 6.07) is 10.3. The SMILES string of the molecule is CC1CC(C)C(O)C(O[C@@H]2[C@@H](C)[C@H](OC3CC(C)(C)C(O)C(C)O3)[C@@H](C)C(=O)O[C@H](CCNC(=O)c3ccc(-c4ccco4)cc3)[C@@](C)(O)[C@H](O)[C@@H](C)C(=O)[C@H](C)C[C@@]2(C)O)O1. The average Bonchev–Trinajstić information content (AvgIpc) is 3.75. The smallest absolute Gasteiger partial charge is 0.311 e. The first-order chi connectivity index (χ1) is 28.8. The van der Waals surface area contributed by atoms with Crippen molar-refractivity contribution in [3.05, 3.63) is 48.2 Å². The number of aliphatic hydroxyl groups excluding tert-OH is 3. The number of carbonyl (C=O) groups is 3. The van der Waals surface area contributed by atoms with Gasteiger partial charge in [0.2, 0.25) is 0 Å².